The maximum Gasteiger partial charge on any atom is 0.256 e. The highest BCUT2D eigenvalue weighted by atomic mass is 16.2. The molecule has 0 aliphatic carbocycles. The van der Waals surface area contributed by atoms with Gasteiger partial charge >= 0.3 is 0 Å². The van der Waals surface area contributed by atoms with E-state index in [1.165, 1.54) is 0 Å². The average molecular weight is 236 g/mol. The van der Waals surface area contributed by atoms with Crippen LogP contribution in [0.15, 0.2) is 18.5 Å². The van der Waals surface area contributed by atoms with E-state index in [0.717, 1.165) is 19.4 Å². The molecule has 1 aromatic rings. The fourth-order valence-electron chi connectivity index (χ4n) is 1.62. The topological polar surface area (TPSA) is 71.2 Å². The highest BCUT2D eigenvalue weighted by Crippen LogP contribution is 2.15. The van der Waals surface area contributed by atoms with E-state index in [-0.39, 0.29) is 5.91 Å². The van der Waals surface area contributed by atoms with E-state index >= 15 is 0 Å². The highest BCUT2D eigenvalue weighted by Gasteiger charge is 2.16. The molecule has 0 aliphatic heterocycles. The smallest absolute Gasteiger partial charge is 0.256 e. The number of unbranched alkanes of at least 4 members (excludes halogenated alkanes) is 1. The van der Waals surface area contributed by atoms with Gasteiger partial charge in [-0.15, -0.1) is 0 Å². The molecule has 0 aromatic carbocycles. The van der Waals surface area contributed by atoms with Crippen LogP contribution in [0.25, 0.3) is 0 Å². The molecule has 5 nitrogen and oxygen atoms in total. The number of nitrogen functional groups attached to an aromatic ring is 1. The summed E-state index contributed by atoms with van der Waals surface area (Å²) < 4.78 is 0. The van der Waals surface area contributed by atoms with Gasteiger partial charge < -0.3 is 10.3 Å². The number of aromatic nitrogens is 1. The van der Waals surface area contributed by atoms with E-state index < -0.39 is 0 Å². The van der Waals surface area contributed by atoms with Crippen molar-refractivity contribution in [2.45, 2.75) is 26.7 Å². The van der Waals surface area contributed by atoms with Gasteiger partial charge in [0.25, 0.3) is 5.91 Å². The van der Waals surface area contributed by atoms with E-state index in [4.69, 9.17) is 5.84 Å². The lowest BCUT2D eigenvalue weighted by Gasteiger charge is -2.21. The van der Waals surface area contributed by atoms with Crippen molar-refractivity contribution in [1.82, 2.24) is 9.88 Å². The summed E-state index contributed by atoms with van der Waals surface area (Å²) >= 11 is 0. The number of rotatable bonds is 6. The Labute approximate surface area is 102 Å². The first-order chi connectivity index (χ1) is 8.24. The Hall–Kier alpha value is -1.62. The summed E-state index contributed by atoms with van der Waals surface area (Å²) in [5.41, 5.74) is 3.63. The summed E-state index contributed by atoms with van der Waals surface area (Å²) in [6.07, 6.45) is 5.24. The van der Waals surface area contributed by atoms with Gasteiger partial charge in [-0.3, -0.25) is 15.6 Å². The van der Waals surface area contributed by atoms with Crippen molar-refractivity contribution in [3.63, 3.8) is 0 Å². The summed E-state index contributed by atoms with van der Waals surface area (Å²) in [4.78, 5) is 18.0. The van der Waals surface area contributed by atoms with E-state index in [2.05, 4.69) is 17.3 Å². The molecule has 1 amide bonds. The van der Waals surface area contributed by atoms with Crippen LogP contribution in [-0.4, -0.2) is 28.9 Å². The zero-order valence-corrected chi connectivity index (χ0v) is 10.4. The molecule has 0 saturated carbocycles. The number of nitrogens with one attached hydrogen (secondary N) is 1. The van der Waals surface area contributed by atoms with Crippen LogP contribution in [-0.2, 0) is 0 Å². The summed E-state index contributed by atoms with van der Waals surface area (Å²) in [6, 6.07) is 1.69. The van der Waals surface area contributed by atoms with Crippen molar-refractivity contribution >= 4 is 11.6 Å². The third-order valence-electron chi connectivity index (χ3n) is 2.66. The lowest BCUT2D eigenvalue weighted by Crippen LogP contribution is -2.32. The number of pyridine rings is 1. The lowest BCUT2D eigenvalue weighted by molar-refractivity contribution is 0.0763. The minimum absolute atomic E-state index is 0.00343. The number of nitrogens with two attached hydrogens (primary N) is 1. The van der Waals surface area contributed by atoms with Crippen LogP contribution in [0.4, 0.5) is 5.69 Å². The van der Waals surface area contributed by atoms with Crippen LogP contribution < -0.4 is 11.3 Å². The van der Waals surface area contributed by atoms with E-state index in [9.17, 15) is 4.79 Å². The quantitative estimate of drug-likeness (QED) is 0.581. The third kappa shape index (κ3) is 3.42. The summed E-state index contributed by atoms with van der Waals surface area (Å²) in [6.45, 7) is 5.56. The first-order valence-corrected chi connectivity index (χ1v) is 5.94. The van der Waals surface area contributed by atoms with Gasteiger partial charge in [0.2, 0.25) is 0 Å². The molecule has 0 saturated heterocycles. The number of nitrogens with zero attached hydrogens (tertiary/aromatic N) is 2. The predicted molar refractivity (Wildman–Crippen MR) is 68.5 cm³/mol. The predicted octanol–water partition coefficient (Wildman–Crippen LogP) is 1.63. The Morgan fingerprint density at radius 2 is 2.29 bits per heavy atom. The van der Waals surface area contributed by atoms with Crippen molar-refractivity contribution in [1.29, 1.82) is 0 Å². The molecule has 0 fully saturated rings. The second-order valence-corrected chi connectivity index (χ2v) is 3.80. The molecular weight excluding hydrogens is 216 g/mol. The number of hydrogen-bond donors (Lipinski definition) is 2. The molecule has 0 radical (unpaired) electrons. The van der Waals surface area contributed by atoms with Gasteiger partial charge in [-0.25, -0.2) is 0 Å². The van der Waals surface area contributed by atoms with Crippen LogP contribution in [0.2, 0.25) is 0 Å². The highest BCUT2D eigenvalue weighted by molar-refractivity contribution is 5.99. The van der Waals surface area contributed by atoms with Gasteiger partial charge in [0.05, 0.1) is 17.4 Å². The fraction of sp³-hybridized carbons (Fsp3) is 0.500. The molecular formula is C12H20N4O. The van der Waals surface area contributed by atoms with Crippen molar-refractivity contribution in [2.24, 2.45) is 5.84 Å². The van der Waals surface area contributed by atoms with E-state index in [1.807, 2.05) is 11.8 Å². The van der Waals surface area contributed by atoms with E-state index in [0.29, 0.717) is 17.8 Å². The molecule has 94 valence electrons. The Kier molecular flexibility index (Phi) is 5.42. The Bertz CT molecular complexity index is 367. The van der Waals surface area contributed by atoms with Crippen molar-refractivity contribution in [3.8, 4) is 0 Å². The molecule has 1 rings (SSSR count). The monoisotopic (exact) mass is 236 g/mol. The van der Waals surface area contributed by atoms with Gasteiger partial charge in [-0.1, -0.05) is 13.3 Å². The summed E-state index contributed by atoms with van der Waals surface area (Å²) in [7, 11) is 0. The van der Waals surface area contributed by atoms with Crippen LogP contribution in [0, 0.1) is 0 Å². The Balaban J connectivity index is 2.85. The minimum atomic E-state index is -0.00343. The molecule has 0 atom stereocenters. The number of hydrazine groups is 1. The molecule has 0 aliphatic rings. The normalized spacial score (nSPS) is 10.1. The number of anilines is 1. The molecule has 0 spiro atoms. The van der Waals surface area contributed by atoms with Crippen LogP contribution >= 0.6 is 0 Å². The van der Waals surface area contributed by atoms with Gasteiger partial charge in [0.15, 0.2) is 0 Å². The van der Waals surface area contributed by atoms with Crippen LogP contribution in [0.1, 0.15) is 37.0 Å². The first-order valence-electron chi connectivity index (χ1n) is 5.94. The third-order valence-corrected chi connectivity index (χ3v) is 2.66. The number of amides is 1. The molecule has 0 unspecified atom stereocenters. The molecule has 1 heterocycles. The average Bonchev–Trinajstić information content (AvgIpc) is 2.39. The molecule has 1 aromatic heterocycles. The number of hydrogen-bond acceptors (Lipinski definition) is 4. The maximum atomic E-state index is 12.3. The Morgan fingerprint density at radius 1 is 1.53 bits per heavy atom. The standard InChI is InChI=1S/C12H20N4O/c1-3-5-8-16(4-2)12(17)10-6-7-14-9-11(10)15-13/h6-7,9,15H,3-5,8,13H2,1-2H3. The summed E-state index contributed by atoms with van der Waals surface area (Å²) in [5.74, 6) is 5.37. The van der Waals surface area contributed by atoms with Crippen LogP contribution in [0.3, 0.4) is 0 Å². The van der Waals surface area contributed by atoms with Gasteiger partial charge in [-0.05, 0) is 19.4 Å². The molecule has 17 heavy (non-hydrogen) atoms. The minimum Gasteiger partial charge on any atom is -0.339 e. The van der Waals surface area contributed by atoms with Gasteiger partial charge in [0, 0.05) is 19.3 Å². The van der Waals surface area contributed by atoms with Crippen molar-refractivity contribution in [2.75, 3.05) is 18.5 Å². The lowest BCUT2D eigenvalue weighted by atomic mass is 10.2. The van der Waals surface area contributed by atoms with Crippen molar-refractivity contribution < 1.29 is 4.79 Å². The second kappa shape index (κ2) is 6.85. The second-order valence-electron chi connectivity index (χ2n) is 3.80. The first kappa shape index (κ1) is 13.4. The zero-order valence-electron chi connectivity index (χ0n) is 10.4. The Morgan fingerprint density at radius 3 is 2.88 bits per heavy atom. The summed E-state index contributed by atoms with van der Waals surface area (Å²) in [5, 5.41) is 0. The maximum absolute atomic E-state index is 12.3. The van der Waals surface area contributed by atoms with E-state index in [1.54, 1.807) is 18.5 Å². The zero-order chi connectivity index (χ0) is 12.7. The fourth-order valence-corrected chi connectivity index (χ4v) is 1.62. The molecule has 5 heteroatoms. The van der Waals surface area contributed by atoms with Crippen molar-refractivity contribution in [3.05, 3.63) is 24.0 Å². The van der Waals surface area contributed by atoms with Crippen LogP contribution in [0.5, 0.6) is 0 Å². The number of carbonyl (C=O) groups is 1. The SMILES string of the molecule is CCCCN(CC)C(=O)c1ccncc1NN. The molecule has 0 bridgehead atoms. The van der Waals surface area contributed by atoms with Gasteiger partial charge in [0.1, 0.15) is 0 Å². The number of carbonyl (C=O) groups excluding carboxylic acids is 1. The molecule has 3 N–H and O–H groups in total. The largest absolute Gasteiger partial charge is 0.339 e. The van der Waals surface area contributed by atoms with Gasteiger partial charge in [-0.2, -0.15) is 0 Å².